The van der Waals surface area contributed by atoms with Crippen molar-refractivity contribution in [3.8, 4) is 0 Å². The van der Waals surface area contributed by atoms with Gasteiger partial charge in [0.1, 0.15) is 0 Å². The molecule has 4 aliphatic rings. The summed E-state index contributed by atoms with van der Waals surface area (Å²) >= 11 is 0. The maximum atomic E-state index is 12.9. The molecule has 0 bridgehead atoms. The Hall–Kier alpha value is -1.68. The Bertz CT molecular complexity index is 863. The second kappa shape index (κ2) is 8.03. The molecular formula is C21H34N4O5S. The topological polar surface area (TPSA) is 130 Å². The van der Waals surface area contributed by atoms with Gasteiger partial charge >= 0.3 is 6.03 Å². The molecule has 3 saturated carbocycles. The zero-order chi connectivity index (χ0) is 22.6. The normalized spacial score (nSPS) is 35.6. The highest BCUT2D eigenvalue weighted by atomic mass is 32.2. The molecule has 31 heavy (non-hydrogen) atoms. The van der Waals surface area contributed by atoms with E-state index in [-0.39, 0.29) is 47.7 Å². The Morgan fingerprint density at radius 1 is 1.13 bits per heavy atom. The van der Waals surface area contributed by atoms with Crippen molar-refractivity contribution in [2.24, 2.45) is 23.5 Å². The van der Waals surface area contributed by atoms with Gasteiger partial charge in [0, 0.05) is 31.1 Å². The first kappa shape index (κ1) is 22.5. The molecule has 4 rings (SSSR count). The number of nitrogens with one attached hydrogen (secondary N) is 1. The van der Waals surface area contributed by atoms with E-state index in [0.717, 1.165) is 43.4 Å². The van der Waals surface area contributed by atoms with Crippen molar-refractivity contribution in [1.29, 1.82) is 0 Å². The SMILES string of the molecule is CN1C(=O)C2CC(S(=O)(=O)NC3(C)CC3)CCC2N(CC2CCC(C(N)=O)CC2)C1=O. The Labute approximate surface area is 184 Å². The average molecular weight is 455 g/mol. The van der Waals surface area contributed by atoms with Crippen LogP contribution in [0.25, 0.3) is 0 Å². The van der Waals surface area contributed by atoms with Crippen molar-refractivity contribution in [3.63, 3.8) is 0 Å². The van der Waals surface area contributed by atoms with E-state index >= 15 is 0 Å². The van der Waals surface area contributed by atoms with Gasteiger partial charge in [0.15, 0.2) is 0 Å². The number of nitrogens with two attached hydrogens (primary N) is 1. The Kier molecular flexibility index (Phi) is 5.83. The number of nitrogens with zero attached hydrogens (tertiary/aromatic N) is 2. The standard InChI is InChI=1S/C21H34N4O5S/c1-21(9-10-21)23-31(29,30)15-7-8-17-16(11-15)19(27)24(2)20(28)25(17)12-13-3-5-14(6-4-13)18(22)26/h13-17,23H,3-12H2,1-2H3,(H2,22,26). The first-order valence-electron chi connectivity index (χ1n) is 11.4. The lowest BCUT2D eigenvalue weighted by Gasteiger charge is -2.48. The molecule has 0 radical (unpaired) electrons. The summed E-state index contributed by atoms with van der Waals surface area (Å²) in [5, 5.41) is -0.607. The van der Waals surface area contributed by atoms with Crippen LogP contribution in [0.5, 0.6) is 0 Å². The van der Waals surface area contributed by atoms with Gasteiger partial charge in [-0.25, -0.2) is 17.9 Å². The number of hydrogen-bond acceptors (Lipinski definition) is 5. The summed E-state index contributed by atoms with van der Waals surface area (Å²) in [5.74, 6) is -0.856. The van der Waals surface area contributed by atoms with Crippen LogP contribution in [0.3, 0.4) is 0 Å². The molecule has 174 valence electrons. The highest BCUT2D eigenvalue weighted by molar-refractivity contribution is 7.90. The first-order valence-corrected chi connectivity index (χ1v) is 13.0. The van der Waals surface area contributed by atoms with Crippen molar-refractivity contribution in [1.82, 2.24) is 14.5 Å². The van der Waals surface area contributed by atoms with E-state index in [1.54, 1.807) is 4.90 Å². The van der Waals surface area contributed by atoms with Gasteiger partial charge in [0.2, 0.25) is 21.8 Å². The maximum absolute atomic E-state index is 12.9. The lowest BCUT2D eigenvalue weighted by Crippen LogP contribution is -2.63. The number of urea groups is 1. The fourth-order valence-electron chi connectivity index (χ4n) is 5.55. The highest BCUT2D eigenvalue weighted by Crippen LogP contribution is 2.40. The number of fused-ring (bicyclic) bond motifs is 1. The van der Waals surface area contributed by atoms with Crippen LogP contribution < -0.4 is 10.5 Å². The second-order valence-electron chi connectivity index (χ2n) is 10.3. The maximum Gasteiger partial charge on any atom is 0.326 e. The Balaban J connectivity index is 1.45. The van der Waals surface area contributed by atoms with E-state index in [1.807, 2.05) is 6.92 Å². The molecule has 0 aromatic rings. The minimum atomic E-state index is -3.51. The molecule has 0 spiro atoms. The van der Waals surface area contributed by atoms with Gasteiger partial charge in [0.05, 0.1) is 11.2 Å². The molecule has 0 aromatic carbocycles. The Morgan fingerprint density at radius 2 is 1.77 bits per heavy atom. The van der Waals surface area contributed by atoms with E-state index < -0.39 is 21.2 Å². The molecule has 3 aliphatic carbocycles. The van der Waals surface area contributed by atoms with Crippen LogP contribution >= 0.6 is 0 Å². The van der Waals surface area contributed by atoms with Crippen LogP contribution in [-0.4, -0.2) is 66.5 Å². The predicted octanol–water partition coefficient (Wildman–Crippen LogP) is 1.18. The largest absolute Gasteiger partial charge is 0.369 e. The summed E-state index contributed by atoms with van der Waals surface area (Å²) in [6.45, 7) is 2.44. The van der Waals surface area contributed by atoms with E-state index in [1.165, 1.54) is 7.05 Å². The predicted molar refractivity (Wildman–Crippen MR) is 114 cm³/mol. The third-order valence-corrected chi connectivity index (χ3v) is 9.96. The number of imide groups is 1. The number of rotatable bonds is 6. The number of carbonyl (C=O) groups is 3. The molecule has 1 saturated heterocycles. The molecule has 4 amide bonds. The van der Waals surface area contributed by atoms with Crippen molar-refractivity contribution in [3.05, 3.63) is 0 Å². The lowest BCUT2D eigenvalue weighted by molar-refractivity contribution is -0.139. The third kappa shape index (κ3) is 4.46. The Morgan fingerprint density at radius 3 is 2.35 bits per heavy atom. The molecule has 3 N–H and O–H groups in total. The fraction of sp³-hybridized carbons (Fsp3) is 0.857. The molecule has 9 nitrogen and oxygen atoms in total. The monoisotopic (exact) mass is 454 g/mol. The van der Waals surface area contributed by atoms with Gasteiger partial charge in [-0.05, 0) is 70.6 Å². The molecular weight excluding hydrogens is 420 g/mol. The van der Waals surface area contributed by atoms with Crippen molar-refractivity contribution >= 4 is 27.9 Å². The lowest BCUT2D eigenvalue weighted by atomic mass is 9.78. The van der Waals surface area contributed by atoms with E-state index in [0.29, 0.717) is 19.4 Å². The third-order valence-electron chi connectivity index (χ3n) is 7.88. The molecule has 1 heterocycles. The van der Waals surface area contributed by atoms with Crippen molar-refractivity contribution in [2.75, 3.05) is 13.6 Å². The van der Waals surface area contributed by atoms with E-state index in [4.69, 9.17) is 5.73 Å². The van der Waals surface area contributed by atoms with Gasteiger partial charge < -0.3 is 10.6 Å². The van der Waals surface area contributed by atoms with Gasteiger partial charge in [0.25, 0.3) is 0 Å². The first-order chi connectivity index (χ1) is 14.5. The van der Waals surface area contributed by atoms with Crippen LogP contribution in [0.1, 0.15) is 64.7 Å². The van der Waals surface area contributed by atoms with Gasteiger partial charge in [-0.1, -0.05) is 0 Å². The van der Waals surface area contributed by atoms with Gasteiger partial charge in [-0.3, -0.25) is 14.5 Å². The molecule has 0 aromatic heterocycles. The second-order valence-corrected chi connectivity index (χ2v) is 12.2. The number of primary amides is 1. The van der Waals surface area contributed by atoms with Crippen molar-refractivity contribution in [2.45, 2.75) is 81.5 Å². The van der Waals surface area contributed by atoms with Crippen LogP contribution in [0.4, 0.5) is 4.79 Å². The summed E-state index contributed by atoms with van der Waals surface area (Å²) in [5.41, 5.74) is 5.09. The summed E-state index contributed by atoms with van der Waals surface area (Å²) in [6.07, 6.45) is 6.00. The fourth-order valence-corrected chi connectivity index (χ4v) is 7.52. The highest BCUT2D eigenvalue weighted by Gasteiger charge is 2.51. The van der Waals surface area contributed by atoms with E-state index in [9.17, 15) is 22.8 Å². The smallest absolute Gasteiger partial charge is 0.326 e. The molecule has 3 atom stereocenters. The van der Waals surface area contributed by atoms with Gasteiger partial charge in [-0.2, -0.15) is 0 Å². The van der Waals surface area contributed by atoms with Crippen LogP contribution in [-0.2, 0) is 19.6 Å². The molecule has 4 fully saturated rings. The number of amides is 4. The number of hydrogen-bond donors (Lipinski definition) is 2. The summed E-state index contributed by atoms with van der Waals surface area (Å²) in [6, 6.07) is -0.554. The summed E-state index contributed by atoms with van der Waals surface area (Å²) < 4.78 is 28.6. The summed E-state index contributed by atoms with van der Waals surface area (Å²) in [4.78, 5) is 40.2. The molecule has 3 unspecified atom stereocenters. The molecule has 1 aliphatic heterocycles. The molecule has 10 heteroatoms. The van der Waals surface area contributed by atoms with Crippen LogP contribution in [0.15, 0.2) is 0 Å². The minimum Gasteiger partial charge on any atom is -0.369 e. The van der Waals surface area contributed by atoms with Crippen molar-refractivity contribution < 1.29 is 22.8 Å². The number of carbonyl (C=O) groups excluding carboxylic acids is 3. The average Bonchev–Trinajstić information content (AvgIpc) is 3.45. The zero-order valence-electron chi connectivity index (χ0n) is 18.4. The summed E-state index contributed by atoms with van der Waals surface area (Å²) in [7, 11) is -2.02. The number of sulfonamides is 1. The van der Waals surface area contributed by atoms with Gasteiger partial charge in [-0.15, -0.1) is 0 Å². The van der Waals surface area contributed by atoms with E-state index in [2.05, 4.69) is 4.72 Å². The minimum absolute atomic E-state index is 0.0909. The van der Waals surface area contributed by atoms with Crippen LogP contribution in [0, 0.1) is 17.8 Å². The van der Waals surface area contributed by atoms with Crippen LogP contribution in [0.2, 0.25) is 0 Å². The zero-order valence-corrected chi connectivity index (χ0v) is 19.2. The quantitative estimate of drug-likeness (QED) is 0.622.